The van der Waals surface area contributed by atoms with E-state index in [-0.39, 0.29) is 6.42 Å². The summed E-state index contributed by atoms with van der Waals surface area (Å²) in [5, 5.41) is 7.35. The van der Waals surface area contributed by atoms with Crippen molar-refractivity contribution >= 4 is 0 Å². The number of halogens is 3. The van der Waals surface area contributed by atoms with Gasteiger partial charge in [0.25, 0.3) is 0 Å². The van der Waals surface area contributed by atoms with Gasteiger partial charge in [-0.1, -0.05) is 18.2 Å². The van der Waals surface area contributed by atoms with Crippen LogP contribution in [0.4, 0.5) is 13.2 Å². The van der Waals surface area contributed by atoms with E-state index < -0.39 is 12.6 Å². The monoisotopic (exact) mass is 241 g/mol. The lowest BCUT2D eigenvalue weighted by atomic mass is 10.2. The van der Waals surface area contributed by atoms with Crippen LogP contribution in [0.25, 0.3) is 5.69 Å². The van der Waals surface area contributed by atoms with Crippen molar-refractivity contribution < 1.29 is 13.2 Å². The molecule has 0 radical (unpaired) electrons. The maximum Gasteiger partial charge on any atom is 0.389 e. The van der Waals surface area contributed by atoms with Gasteiger partial charge in [0, 0.05) is 12.1 Å². The Labute approximate surface area is 95.9 Å². The van der Waals surface area contributed by atoms with E-state index >= 15 is 0 Å². The Kier molecular flexibility index (Phi) is 3.12. The molecule has 17 heavy (non-hydrogen) atoms. The number of benzene rings is 1. The van der Waals surface area contributed by atoms with Crippen molar-refractivity contribution in [1.29, 1.82) is 0 Å². The van der Waals surface area contributed by atoms with Gasteiger partial charge in [-0.15, -0.1) is 10.2 Å². The summed E-state index contributed by atoms with van der Waals surface area (Å²) in [6, 6.07) is 9.04. The number of alkyl halides is 3. The SMILES string of the molecule is FC(F)(F)CCc1nncn1-c1ccccc1. The minimum atomic E-state index is -4.17. The lowest BCUT2D eigenvalue weighted by Crippen LogP contribution is -2.11. The molecule has 0 fully saturated rings. The van der Waals surface area contributed by atoms with Gasteiger partial charge in [0.2, 0.25) is 0 Å². The van der Waals surface area contributed by atoms with Crippen molar-refractivity contribution in [3.63, 3.8) is 0 Å². The second kappa shape index (κ2) is 4.57. The van der Waals surface area contributed by atoms with Gasteiger partial charge in [0.1, 0.15) is 12.2 Å². The summed E-state index contributed by atoms with van der Waals surface area (Å²) in [5.74, 6) is 0.313. The van der Waals surface area contributed by atoms with Gasteiger partial charge in [-0.05, 0) is 12.1 Å². The van der Waals surface area contributed by atoms with Crippen LogP contribution < -0.4 is 0 Å². The Morgan fingerprint density at radius 1 is 1.12 bits per heavy atom. The predicted molar refractivity (Wildman–Crippen MR) is 55.7 cm³/mol. The molecule has 0 aliphatic heterocycles. The van der Waals surface area contributed by atoms with E-state index in [1.807, 2.05) is 18.2 Å². The number of hydrogen-bond acceptors (Lipinski definition) is 2. The van der Waals surface area contributed by atoms with Crippen LogP contribution in [0.5, 0.6) is 0 Å². The third kappa shape index (κ3) is 3.05. The molecule has 0 unspecified atom stereocenters. The van der Waals surface area contributed by atoms with E-state index in [0.29, 0.717) is 5.82 Å². The van der Waals surface area contributed by atoms with Crippen LogP contribution in [0.15, 0.2) is 36.7 Å². The molecule has 6 heteroatoms. The van der Waals surface area contributed by atoms with E-state index in [2.05, 4.69) is 10.2 Å². The molecule has 0 atom stereocenters. The molecule has 3 nitrogen and oxygen atoms in total. The van der Waals surface area contributed by atoms with Gasteiger partial charge >= 0.3 is 6.18 Å². The zero-order valence-corrected chi connectivity index (χ0v) is 8.85. The smallest absolute Gasteiger partial charge is 0.286 e. The van der Waals surface area contributed by atoms with Crippen molar-refractivity contribution in [3.8, 4) is 5.69 Å². The Morgan fingerprint density at radius 3 is 2.47 bits per heavy atom. The molecule has 1 heterocycles. The summed E-state index contributed by atoms with van der Waals surface area (Å²) in [4.78, 5) is 0. The van der Waals surface area contributed by atoms with Gasteiger partial charge < -0.3 is 0 Å². The molecule has 0 saturated carbocycles. The van der Waals surface area contributed by atoms with Crippen LogP contribution in [0.2, 0.25) is 0 Å². The molecule has 1 aromatic heterocycles. The molecule has 0 aliphatic carbocycles. The van der Waals surface area contributed by atoms with Crippen molar-refractivity contribution in [2.75, 3.05) is 0 Å². The normalized spacial score (nSPS) is 11.7. The van der Waals surface area contributed by atoms with Crippen LogP contribution in [0.1, 0.15) is 12.2 Å². The van der Waals surface area contributed by atoms with E-state index in [4.69, 9.17) is 0 Å². The van der Waals surface area contributed by atoms with Crippen molar-refractivity contribution in [3.05, 3.63) is 42.5 Å². The molecular weight excluding hydrogens is 231 g/mol. The minimum Gasteiger partial charge on any atom is -0.286 e. The fourth-order valence-corrected chi connectivity index (χ4v) is 1.49. The fourth-order valence-electron chi connectivity index (χ4n) is 1.49. The highest BCUT2D eigenvalue weighted by Crippen LogP contribution is 2.22. The van der Waals surface area contributed by atoms with Crippen molar-refractivity contribution in [2.24, 2.45) is 0 Å². The summed E-state index contributed by atoms with van der Waals surface area (Å²) < 4.78 is 37.9. The van der Waals surface area contributed by atoms with E-state index in [1.54, 1.807) is 16.7 Å². The third-order valence-electron chi connectivity index (χ3n) is 2.28. The number of hydrogen-bond donors (Lipinski definition) is 0. The Balaban J connectivity index is 2.18. The molecule has 2 aromatic rings. The van der Waals surface area contributed by atoms with Crippen LogP contribution in [-0.4, -0.2) is 20.9 Å². The first-order valence-corrected chi connectivity index (χ1v) is 5.07. The van der Waals surface area contributed by atoms with Gasteiger partial charge in [0.15, 0.2) is 0 Å². The first kappa shape index (κ1) is 11.6. The fraction of sp³-hybridized carbons (Fsp3) is 0.273. The van der Waals surface area contributed by atoms with Crippen molar-refractivity contribution in [2.45, 2.75) is 19.0 Å². The summed E-state index contributed by atoms with van der Waals surface area (Å²) >= 11 is 0. The molecule has 0 bridgehead atoms. The average molecular weight is 241 g/mol. The summed E-state index contributed by atoms with van der Waals surface area (Å²) in [6.45, 7) is 0. The maximum absolute atomic E-state index is 12.1. The standard InChI is InChI=1S/C11H10F3N3/c12-11(13,14)7-6-10-16-15-8-17(10)9-4-2-1-3-5-9/h1-5,8H,6-7H2. The zero-order valence-electron chi connectivity index (χ0n) is 8.85. The topological polar surface area (TPSA) is 30.7 Å². The predicted octanol–water partition coefficient (Wildman–Crippen LogP) is 2.76. The summed E-state index contributed by atoms with van der Waals surface area (Å²) in [5.41, 5.74) is 0.759. The Morgan fingerprint density at radius 2 is 1.82 bits per heavy atom. The first-order chi connectivity index (χ1) is 8.06. The van der Waals surface area contributed by atoms with Crippen LogP contribution in [0, 0.1) is 0 Å². The number of aryl methyl sites for hydroxylation is 1. The van der Waals surface area contributed by atoms with Crippen LogP contribution in [-0.2, 0) is 6.42 Å². The lowest BCUT2D eigenvalue weighted by molar-refractivity contribution is -0.134. The first-order valence-electron chi connectivity index (χ1n) is 5.07. The molecule has 0 saturated heterocycles. The molecule has 2 rings (SSSR count). The molecular formula is C11H10F3N3. The molecule has 0 N–H and O–H groups in total. The number of nitrogens with zero attached hydrogens (tertiary/aromatic N) is 3. The Bertz CT molecular complexity index is 476. The van der Waals surface area contributed by atoms with Crippen LogP contribution in [0.3, 0.4) is 0 Å². The van der Waals surface area contributed by atoms with Gasteiger partial charge in [0.05, 0.1) is 6.42 Å². The molecule has 90 valence electrons. The summed E-state index contributed by atoms with van der Waals surface area (Å²) in [6.07, 6.45) is -3.81. The van der Waals surface area contributed by atoms with Gasteiger partial charge in [-0.2, -0.15) is 13.2 Å². The minimum absolute atomic E-state index is 0.168. The number of aromatic nitrogens is 3. The van der Waals surface area contributed by atoms with E-state index in [9.17, 15) is 13.2 Å². The number of rotatable bonds is 3. The van der Waals surface area contributed by atoms with E-state index in [1.165, 1.54) is 6.33 Å². The Hall–Kier alpha value is -1.85. The molecule has 0 spiro atoms. The van der Waals surface area contributed by atoms with Crippen molar-refractivity contribution in [1.82, 2.24) is 14.8 Å². The van der Waals surface area contributed by atoms with Crippen LogP contribution >= 0.6 is 0 Å². The molecule has 0 amide bonds. The summed E-state index contributed by atoms with van der Waals surface area (Å²) in [7, 11) is 0. The quantitative estimate of drug-likeness (QED) is 0.827. The highest BCUT2D eigenvalue weighted by Gasteiger charge is 2.27. The highest BCUT2D eigenvalue weighted by molar-refractivity contribution is 5.31. The van der Waals surface area contributed by atoms with Gasteiger partial charge in [-0.25, -0.2) is 0 Å². The molecule has 1 aromatic carbocycles. The second-order valence-corrected chi connectivity index (χ2v) is 3.57. The van der Waals surface area contributed by atoms with Gasteiger partial charge in [-0.3, -0.25) is 4.57 Å². The third-order valence-corrected chi connectivity index (χ3v) is 2.28. The second-order valence-electron chi connectivity index (χ2n) is 3.57. The average Bonchev–Trinajstić information content (AvgIpc) is 2.75. The largest absolute Gasteiger partial charge is 0.389 e. The lowest BCUT2D eigenvalue weighted by Gasteiger charge is -2.08. The molecule has 0 aliphatic rings. The zero-order chi connectivity index (χ0) is 12.3. The number of para-hydroxylation sites is 1. The van der Waals surface area contributed by atoms with E-state index in [0.717, 1.165) is 5.69 Å². The maximum atomic E-state index is 12.1. The highest BCUT2D eigenvalue weighted by atomic mass is 19.4.